The number of nitrogens with one attached hydrogen (secondary N) is 1. The van der Waals surface area contributed by atoms with Gasteiger partial charge in [-0.2, -0.15) is 0 Å². The van der Waals surface area contributed by atoms with Gasteiger partial charge in [-0.25, -0.2) is 0 Å². The van der Waals surface area contributed by atoms with Gasteiger partial charge in [-0.1, -0.05) is 145 Å². The molecule has 0 aromatic carbocycles. The quantitative estimate of drug-likeness (QED) is 0.0394. The number of carboxylic acid groups (broad SMARTS) is 1. The minimum absolute atomic E-state index is 0.0175. The van der Waals surface area contributed by atoms with Crippen LogP contribution in [0.25, 0.3) is 0 Å². The van der Waals surface area contributed by atoms with Crippen LogP contribution in [0.5, 0.6) is 0 Å². The van der Waals surface area contributed by atoms with E-state index < -0.39 is 5.97 Å². The SMILES string of the molecule is CC/C=C\C/C=C\C/C=C\C/C=C\C/C=C\CCCCCCCC(=O)OC(CCCCCCCC)CCCCCCCC(=O)NCC(=O)O. The molecule has 1 amide bonds. The molecular formula is C43H73NO5. The van der Waals surface area contributed by atoms with E-state index in [0.717, 1.165) is 103 Å². The van der Waals surface area contributed by atoms with Gasteiger partial charge in [0.15, 0.2) is 0 Å². The monoisotopic (exact) mass is 684 g/mol. The third-order valence-electron chi connectivity index (χ3n) is 8.45. The summed E-state index contributed by atoms with van der Waals surface area (Å²) in [6.07, 6.45) is 49.2. The van der Waals surface area contributed by atoms with Crippen LogP contribution in [0.1, 0.15) is 181 Å². The number of esters is 1. The van der Waals surface area contributed by atoms with E-state index in [1.807, 2.05) is 0 Å². The molecule has 0 bridgehead atoms. The van der Waals surface area contributed by atoms with Gasteiger partial charge in [0.05, 0.1) is 0 Å². The zero-order valence-electron chi connectivity index (χ0n) is 31.5. The summed E-state index contributed by atoms with van der Waals surface area (Å²) in [7, 11) is 0. The molecule has 0 fully saturated rings. The fourth-order valence-corrected chi connectivity index (χ4v) is 5.54. The van der Waals surface area contributed by atoms with E-state index in [0.29, 0.717) is 12.8 Å². The number of allylic oxidation sites excluding steroid dienone is 10. The molecule has 6 nitrogen and oxygen atoms in total. The molecule has 2 N–H and O–H groups in total. The van der Waals surface area contributed by atoms with E-state index in [-0.39, 0.29) is 24.5 Å². The van der Waals surface area contributed by atoms with E-state index in [2.05, 4.69) is 79.9 Å². The average molecular weight is 684 g/mol. The summed E-state index contributed by atoms with van der Waals surface area (Å²) in [6.45, 7) is 4.08. The zero-order valence-corrected chi connectivity index (χ0v) is 31.5. The highest BCUT2D eigenvalue weighted by molar-refractivity contribution is 5.80. The minimum Gasteiger partial charge on any atom is -0.480 e. The molecule has 0 heterocycles. The van der Waals surface area contributed by atoms with Gasteiger partial charge in [-0.15, -0.1) is 0 Å². The number of carboxylic acids is 1. The number of rotatable bonds is 35. The van der Waals surface area contributed by atoms with Gasteiger partial charge in [0.2, 0.25) is 5.91 Å². The van der Waals surface area contributed by atoms with Crippen LogP contribution in [0.2, 0.25) is 0 Å². The molecule has 0 rings (SSSR count). The smallest absolute Gasteiger partial charge is 0.322 e. The molecule has 0 aliphatic heterocycles. The van der Waals surface area contributed by atoms with E-state index in [1.54, 1.807) is 0 Å². The summed E-state index contributed by atoms with van der Waals surface area (Å²) in [5, 5.41) is 11.0. The van der Waals surface area contributed by atoms with Crippen LogP contribution >= 0.6 is 0 Å². The molecule has 0 aromatic heterocycles. The highest BCUT2D eigenvalue weighted by atomic mass is 16.5. The van der Waals surface area contributed by atoms with Crippen LogP contribution in [0.3, 0.4) is 0 Å². The van der Waals surface area contributed by atoms with E-state index in [9.17, 15) is 14.4 Å². The predicted molar refractivity (Wildman–Crippen MR) is 208 cm³/mol. The van der Waals surface area contributed by atoms with Crippen molar-refractivity contribution in [3.8, 4) is 0 Å². The first-order valence-electron chi connectivity index (χ1n) is 19.9. The van der Waals surface area contributed by atoms with Crippen molar-refractivity contribution >= 4 is 17.8 Å². The number of carbonyl (C=O) groups excluding carboxylic acids is 2. The Hall–Kier alpha value is -2.89. The maximum Gasteiger partial charge on any atom is 0.322 e. The molecule has 0 saturated carbocycles. The van der Waals surface area contributed by atoms with Gasteiger partial charge in [-0.3, -0.25) is 14.4 Å². The lowest BCUT2D eigenvalue weighted by molar-refractivity contribution is -0.150. The number of carbonyl (C=O) groups is 3. The van der Waals surface area contributed by atoms with Crippen molar-refractivity contribution in [2.75, 3.05) is 6.54 Å². The van der Waals surface area contributed by atoms with Gasteiger partial charge in [0.1, 0.15) is 12.6 Å². The Kier molecular flexibility index (Phi) is 35.7. The third-order valence-corrected chi connectivity index (χ3v) is 8.45. The summed E-state index contributed by atoms with van der Waals surface area (Å²) >= 11 is 0. The van der Waals surface area contributed by atoms with Gasteiger partial charge >= 0.3 is 11.9 Å². The van der Waals surface area contributed by atoms with Crippen molar-refractivity contribution in [2.24, 2.45) is 0 Å². The summed E-state index contributed by atoms with van der Waals surface area (Å²) in [6, 6.07) is 0. The lowest BCUT2D eigenvalue weighted by atomic mass is 10.0. The van der Waals surface area contributed by atoms with Crippen LogP contribution in [0, 0.1) is 0 Å². The van der Waals surface area contributed by atoms with E-state index in [4.69, 9.17) is 9.84 Å². The van der Waals surface area contributed by atoms with Crippen molar-refractivity contribution in [2.45, 2.75) is 187 Å². The first kappa shape index (κ1) is 46.1. The minimum atomic E-state index is -1.02. The molecule has 0 aromatic rings. The molecule has 0 spiro atoms. The van der Waals surface area contributed by atoms with E-state index in [1.165, 1.54) is 51.4 Å². The van der Waals surface area contributed by atoms with Gasteiger partial charge in [0, 0.05) is 12.8 Å². The Morgan fingerprint density at radius 3 is 1.53 bits per heavy atom. The zero-order chi connectivity index (χ0) is 35.9. The standard InChI is InChI=1S/C43H73NO5/c1-3-5-7-9-11-12-13-14-15-16-17-18-19-20-21-22-23-24-25-30-34-38-43(48)49-40(35-31-27-10-8-6-4-2)36-32-28-26-29-33-37-41(45)44-39-42(46)47/h5,7,11-12,14-15,17-18,20-21,40H,3-4,6,8-10,13,16,19,22-39H2,1-2H3,(H,44,45)(H,46,47)/b7-5-,12-11-,15-14-,18-17-,21-20-. The molecule has 49 heavy (non-hydrogen) atoms. The third kappa shape index (κ3) is 37.8. The fraction of sp³-hybridized carbons (Fsp3) is 0.698. The fourth-order valence-electron chi connectivity index (χ4n) is 5.54. The van der Waals surface area contributed by atoms with Crippen LogP contribution < -0.4 is 5.32 Å². The molecular weight excluding hydrogens is 610 g/mol. The van der Waals surface area contributed by atoms with Crippen LogP contribution in [-0.4, -0.2) is 35.6 Å². The average Bonchev–Trinajstić information content (AvgIpc) is 3.08. The van der Waals surface area contributed by atoms with Gasteiger partial charge in [-0.05, 0) is 83.5 Å². The Morgan fingerprint density at radius 1 is 0.551 bits per heavy atom. The molecule has 0 aliphatic rings. The number of amides is 1. The number of hydrogen-bond acceptors (Lipinski definition) is 4. The molecule has 1 unspecified atom stereocenters. The summed E-state index contributed by atoms with van der Waals surface area (Å²) in [5.74, 6) is -1.26. The van der Waals surface area contributed by atoms with Crippen molar-refractivity contribution in [3.63, 3.8) is 0 Å². The first-order chi connectivity index (χ1) is 24.0. The van der Waals surface area contributed by atoms with Crippen molar-refractivity contribution < 1.29 is 24.2 Å². The molecule has 6 heteroatoms. The van der Waals surface area contributed by atoms with Gasteiger partial charge in [0.25, 0.3) is 0 Å². The lowest BCUT2D eigenvalue weighted by Crippen LogP contribution is -2.28. The number of unbranched alkanes of at least 4 members (excludes halogenated alkanes) is 14. The normalized spacial score (nSPS) is 12.7. The van der Waals surface area contributed by atoms with Crippen LogP contribution in [0.4, 0.5) is 0 Å². The maximum atomic E-state index is 12.6. The van der Waals surface area contributed by atoms with Crippen molar-refractivity contribution in [1.29, 1.82) is 0 Å². The lowest BCUT2D eigenvalue weighted by Gasteiger charge is -2.18. The molecule has 0 aliphatic carbocycles. The number of hydrogen-bond donors (Lipinski definition) is 2. The summed E-state index contributed by atoms with van der Waals surface area (Å²) < 4.78 is 5.96. The second kappa shape index (κ2) is 37.9. The largest absolute Gasteiger partial charge is 0.480 e. The molecule has 280 valence electrons. The van der Waals surface area contributed by atoms with Crippen LogP contribution in [0.15, 0.2) is 60.8 Å². The van der Waals surface area contributed by atoms with Crippen LogP contribution in [-0.2, 0) is 19.1 Å². The topological polar surface area (TPSA) is 92.7 Å². The Morgan fingerprint density at radius 2 is 1.00 bits per heavy atom. The molecule has 1 atom stereocenters. The molecule has 0 radical (unpaired) electrons. The summed E-state index contributed by atoms with van der Waals surface area (Å²) in [5.41, 5.74) is 0. The Balaban J connectivity index is 4.02. The highest BCUT2D eigenvalue weighted by Crippen LogP contribution is 2.18. The Labute approximate surface area is 301 Å². The second-order valence-electron chi connectivity index (χ2n) is 13.2. The number of ether oxygens (including phenoxy) is 1. The highest BCUT2D eigenvalue weighted by Gasteiger charge is 2.14. The van der Waals surface area contributed by atoms with Gasteiger partial charge < -0.3 is 15.2 Å². The van der Waals surface area contributed by atoms with E-state index >= 15 is 0 Å². The first-order valence-corrected chi connectivity index (χ1v) is 19.9. The Bertz CT molecular complexity index is 933. The number of aliphatic carboxylic acids is 1. The van der Waals surface area contributed by atoms with Crippen molar-refractivity contribution in [3.05, 3.63) is 60.8 Å². The van der Waals surface area contributed by atoms with Crippen molar-refractivity contribution in [1.82, 2.24) is 5.32 Å². The summed E-state index contributed by atoms with van der Waals surface area (Å²) in [4.78, 5) is 34.8. The maximum absolute atomic E-state index is 12.6. The predicted octanol–water partition coefficient (Wildman–Crippen LogP) is 12.1. The second-order valence-corrected chi connectivity index (χ2v) is 13.2. The molecule has 0 saturated heterocycles.